The van der Waals surface area contributed by atoms with Gasteiger partial charge in [0.05, 0.1) is 12.1 Å². The summed E-state index contributed by atoms with van der Waals surface area (Å²) in [4.78, 5) is 15.8. The van der Waals surface area contributed by atoms with E-state index < -0.39 is 5.97 Å². The minimum atomic E-state index is -0.412. The highest BCUT2D eigenvalue weighted by atomic mass is 32.1. The van der Waals surface area contributed by atoms with E-state index in [9.17, 15) is 4.79 Å². The molecule has 0 saturated heterocycles. The molecule has 0 aliphatic heterocycles. The van der Waals surface area contributed by atoms with Crippen LogP contribution in [0.3, 0.4) is 0 Å². The van der Waals surface area contributed by atoms with Crippen LogP contribution in [0.2, 0.25) is 0 Å². The number of aromatic nitrogens is 1. The van der Waals surface area contributed by atoms with Gasteiger partial charge >= 0.3 is 5.97 Å². The second-order valence-electron chi connectivity index (χ2n) is 3.64. The fourth-order valence-corrected chi connectivity index (χ4v) is 2.08. The van der Waals surface area contributed by atoms with E-state index in [0.29, 0.717) is 11.4 Å². The Kier molecular flexibility index (Phi) is 3.94. The summed E-state index contributed by atoms with van der Waals surface area (Å²) in [6.45, 7) is 2.03. The number of thiazole rings is 1. The summed E-state index contributed by atoms with van der Waals surface area (Å²) in [5.74, 6) is 0.296. The first-order valence-corrected chi connectivity index (χ1v) is 6.30. The minimum absolute atomic E-state index is 0.180. The molecule has 94 valence electrons. The molecule has 0 aliphatic rings. The maximum atomic E-state index is 11.7. The predicted octanol–water partition coefficient (Wildman–Crippen LogP) is 2.82. The fraction of sp³-hybridized carbons (Fsp3) is 0.231. The first-order chi connectivity index (χ1) is 8.70. The van der Waals surface area contributed by atoms with Gasteiger partial charge in [-0.15, -0.1) is 11.3 Å². The van der Waals surface area contributed by atoms with Gasteiger partial charge in [-0.1, -0.05) is 18.2 Å². The van der Waals surface area contributed by atoms with E-state index >= 15 is 0 Å². The molecule has 0 amide bonds. The van der Waals surface area contributed by atoms with Crippen LogP contribution in [0.25, 0.3) is 0 Å². The lowest BCUT2D eigenvalue weighted by Gasteiger charge is -2.08. The van der Waals surface area contributed by atoms with E-state index in [1.165, 1.54) is 11.3 Å². The van der Waals surface area contributed by atoms with Crippen molar-refractivity contribution in [3.05, 3.63) is 45.9 Å². The Balaban J connectivity index is 2.01. The van der Waals surface area contributed by atoms with E-state index in [1.807, 2.05) is 31.2 Å². The molecule has 0 saturated carbocycles. The number of hydrogen-bond donors (Lipinski definition) is 0. The molecule has 5 heteroatoms. The number of nitrogens with zero attached hydrogens (tertiary/aromatic N) is 1. The summed E-state index contributed by atoms with van der Waals surface area (Å²) in [6.07, 6.45) is 0. The molecule has 0 atom stereocenters. The summed E-state index contributed by atoms with van der Waals surface area (Å²) in [5, 5.41) is 2.54. The largest absolute Gasteiger partial charge is 0.496 e. The average molecular weight is 263 g/mol. The quantitative estimate of drug-likeness (QED) is 0.796. The number of hydrogen-bond acceptors (Lipinski definition) is 5. The molecule has 0 unspecified atom stereocenters. The minimum Gasteiger partial charge on any atom is -0.496 e. The molecule has 0 spiro atoms. The van der Waals surface area contributed by atoms with E-state index in [-0.39, 0.29) is 6.61 Å². The molecular formula is C13H13NO3S. The lowest BCUT2D eigenvalue weighted by atomic mass is 10.2. The van der Waals surface area contributed by atoms with Gasteiger partial charge in [-0.25, -0.2) is 9.78 Å². The maximum Gasteiger partial charge on any atom is 0.358 e. The normalized spacial score (nSPS) is 10.1. The molecule has 18 heavy (non-hydrogen) atoms. The molecular weight excluding hydrogens is 250 g/mol. The molecule has 1 aromatic carbocycles. The van der Waals surface area contributed by atoms with E-state index in [2.05, 4.69) is 4.98 Å². The van der Waals surface area contributed by atoms with Gasteiger partial charge in [0.15, 0.2) is 5.69 Å². The van der Waals surface area contributed by atoms with Crippen LogP contribution in [0, 0.1) is 6.92 Å². The van der Waals surface area contributed by atoms with Crippen molar-refractivity contribution in [2.75, 3.05) is 7.11 Å². The molecule has 0 fully saturated rings. The van der Waals surface area contributed by atoms with Gasteiger partial charge in [0.25, 0.3) is 0 Å². The third-order valence-electron chi connectivity index (χ3n) is 2.38. The predicted molar refractivity (Wildman–Crippen MR) is 69.0 cm³/mol. The summed E-state index contributed by atoms with van der Waals surface area (Å²) >= 11 is 1.43. The Bertz CT molecular complexity index is 551. The number of para-hydroxylation sites is 1. The van der Waals surface area contributed by atoms with Crippen LogP contribution < -0.4 is 4.74 Å². The van der Waals surface area contributed by atoms with Crippen LogP contribution in [0.15, 0.2) is 29.6 Å². The van der Waals surface area contributed by atoms with Gasteiger partial charge in [0.2, 0.25) is 0 Å². The molecule has 0 bridgehead atoms. The Morgan fingerprint density at radius 3 is 2.83 bits per heavy atom. The van der Waals surface area contributed by atoms with Crippen molar-refractivity contribution in [1.82, 2.24) is 4.98 Å². The van der Waals surface area contributed by atoms with Crippen molar-refractivity contribution >= 4 is 17.3 Å². The molecule has 1 aromatic heterocycles. The number of benzene rings is 1. The summed E-state index contributed by atoms with van der Waals surface area (Å²) in [5.41, 5.74) is 1.19. The smallest absolute Gasteiger partial charge is 0.358 e. The van der Waals surface area contributed by atoms with Crippen LogP contribution in [-0.4, -0.2) is 18.1 Å². The van der Waals surface area contributed by atoms with Crippen LogP contribution in [-0.2, 0) is 11.3 Å². The zero-order valence-corrected chi connectivity index (χ0v) is 11.0. The lowest BCUT2D eigenvalue weighted by molar-refractivity contribution is 0.0464. The number of methoxy groups -OCH3 is 1. The van der Waals surface area contributed by atoms with Gasteiger partial charge in [-0.3, -0.25) is 0 Å². The maximum absolute atomic E-state index is 11.7. The number of aryl methyl sites for hydroxylation is 1. The number of esters is 1. The highest BCUT2D eigenvalue weighted by Crippen LogP contribution is 2.19. The molecule has 2 rings (SSSR count). The van der Waals surface area contributed by atoms with E-state index in [1.54, 1.807) is 12.5 Å². The standard InChI is InChI=1S/C13H13NO3S/c1-9-14-11(8-18-9)13(15)17-7-10-5-3-4-6-12(10)16-2/h3-6,8H,7H2,1-2H3. The van der Waals surface area contributed by atoms with Crippen molar-refractivity contribution in [2.24, 2.45) is 0 Å². The van der Waals surface area contributed by atoms with Crippen LogP contribution in [0.4, 0.5) is 0 Å². The Morgan fingerprint density at radius 2 is 2.17 bits per heavy atom. The van der Waals surface area contributed by atoms with Gasteiger partial charge in [-0.2, -0.15) is 0 Å². The van der Waals surface area contributed by atoms with Gasteiger partial charge in [0, 0.05) is 10.9 Å². The lowest BCUT2D eigenvalue weighted by Crippen LogP contribution is -2.06. The van der Waals surface area contributed by atoms with Crippen molar-refractivity contribution < 1.29 is 14.3 Å². The second kappa shape index (κ2) is 5.64. The molecule has 4 nitrogen and oxygen atoms in total. The van der Waals surface area contributed by atoms with Crippen LogP contribution in [0.1, 0.15) is 21.1 Å². The van der Waals surface area contributed by atoms with Crippen molar-refractivity contribution in [1.29, 1.82) is 0 Å². The van der Waals surface area contributed by atoms with Crippen molar-refractivity contribution in [3.63, 3.8) is 0 Å². The molecule has 0 radical (unpaired) electrons. The van der Waals surface area contributed by atoms with Gasteiger partial charge in [-0.05, 0) is 13.0 Å². The molecule has 0 aliphatic carbocycles. The Labute approximate surface area is 109 Å². The molecule has 2 aromatic rings. The fourth-order valence-electron chi connectivity index (χ4n) is 1.50. The SMILES string of the molecule is COc1ccccc1COC(=O)c1csc(C)n1. The van der Waals surface area contributed by atoms with Gasteiger partial charge in [0.1, 0.15) is 12.4 Å². The Morgan fingerprint density at radius 1 is 1.39 bits per heavy atom. The van der Waals surface area contributed by atoms with Crippen LogP contribution >= 0.6 is 11.3 Å². The summed E-state index contributed by atoms with van der Waals surface area (Å²) in [7, 11) is 1.59. The highest BCUT2D eigenvalue weighted by Gasteiger charge is 2.12. The number of carbonyl (C=O) groups excluding carboxylic acids is 1. The highest BCUT2D eigenvalue weighted by molar-refractivity contribution is 7.09. The Hall–Kier alpha value is -1.88. The number of rotatable bonds is 4. The van der Waals surface area contributed by atoms with Gasteiger partial charge < -0.3 is 9.47 Å². The number of carbonyl (C=O) groups is 1. The van der Waals surface area contributed by atoms with Crippen LogP contribution in [0.5, 0.6) is 5.75 Å². The molecule has 0 N–H and O–H groups in total. The second-order valence-corrected chi connectivity index (χ2v) is 4.70. The van der Waals surface area contributed by atoms with Crippen molar-refractivity contribution in [3.8, 4) is 5.75 Å². The molecule has 1 heterocycles. The third kappa shape index (κ3) is 2.87. The van der Waals surface area contributed by atoms with E-state index in [0.717, 1.165) is 10.6 Å². The zero-order chi connectivity index (χ0) is 13.0. The first-order valence-electron chi connectivity index (χ1n) is 5.42. The first kappa shape index (κ1) is 12.6. The third-order valence-corrected chi connectivity index (χ3v) is 3.15. The van der Waals surface area contributed by atoms with E-state index in [4.69, 9.17) is 9.47 Å². The average Bonchev–Trinajstić information content (AvgIpc) is 2.83. The van der Waals surface area contributed by atoms with Crippen molar-refractivity contribution in [2.45, 2.75) is 13.5 Å². The number of ether oxygens (including phenoxy) is 2. The topological polar surface area (TPSA) is 48.4 Å². The monoisotopic (exact) mass is 263 g/mol. The summed E-state index contributed by atoms with van der Waals surface area (Å²) < 4.78 is 10.4. The zero-order valence-electron chi connectivity index (χ0n) is 10.2. The summed E-state index contributed by atoms with van der Waals surface area (Å²) in [6, 6.07) is 7.43.